The van der Waals surface area contributed by atoms with Crippen molar-refractivity contribution in [3.8, 4) is 40.1 Å². The van der Waals surface area contributed by atoms with Gasteiger partial charge in [0.25, 0.3) is 0 Å². The Hall–Kier alpha value is -5.44. The number of carbonyl (C=O) groups is 1. The lowest BCUT2D eigenvalue weighted by molar-refractivity contribution is -0.355. The van der Waals surface area contributed by atoms with Crippen LogP contribution in [0.3, 0.4) is 0 Å². The minimum absolute atomic E-state index is 0.00649. The van der Waals surface area contributed by atoms with Gasteiger partial charge in [0.1, 0.15) is 88.9 Å². The molecular formula is C42H46O22. The highest BCUT2D eigenvalue weighted by Crippen LogP contribution is 2.39. The lowest BCUT2D eigenvalue weighted by atomic mass is 9.97. The largest absolute Gasteiger partial charge is 0.508 e. The Kier molecular flexibility index (Phi) is 14.1. The van der Waals surface area contributed by atoms with Crippen molar-refractivity contribution >= 4 is 23.0 Å². The van der Waals surface area contributed by atoms with E-state index in [-0.39, 0.29) is 34.2 Å². The molecule has 64 heavy (non-hydrogen) atoms. The van der Waals surface area contributed by atoms with Gasteiger partial charge in [0.2, 0.25) is 23.8 Å². The summed E-state index contributed by atoms with van der Waals surface area (Å²) in [5, 5.41) is 125. The zero-order valence-corrected chi connectivity index (χ0v) is 33.5. The fourth-order valence-electron chi connectivity index (χ4n) is 7.28. The molecule has 0 unspecified atom stereocenters. The number of carbonyl (C=O) groups excluding carboxylic acids is 1. The van der Waals surface area contributed by atoms with E-state index in [1.165, 1.54) is 61.5 Å². The summed E-state index contributed by atoms with van der Waals surface area (Å²) in [6, 6.07) is 13.0. The van der Waals surface area contributed by atoms with Crippen LogP contribution in [0.5, 0.6) is 28.7 Å². The summed E-state index contributed by atoms with van der Waals surface area (Å²) in [7, 11) is 0. The summed E-state index contributed by atoms with van der Waals surface area (Å²) < 4.78 is 45.9. The van der Waals surface area contributed by atoms with E-state index in [1.807, 2.05) is 0 Å². The molecule has 0 bridgehead atoms. The summed E-state index contributed by atoms with van der Waals surface area (Å²) in [4.78, 5) is 27.1. The van der Waals surface area contributed by atoms with Crippen LogP contribution in [0.25, 0.3) is 28.4 Å². The minimum atomic E-state index is -2.05. The van der Waals surface area contributed by atoms with Crippen molar-refractivity contribution in [3.63, 3.8) is 0 Å². The normalized spacial score (nSPS) is 33.2. The fourth-order valence-corrected chi connectivity index (χ4v) is 7.28. The molecule has 3 saturated heterocycles. The van der Waals surface area contributed by atoms with E-state index in [1.54, 1.807) is 0 Å². The van der Waals surface area contributed by atoms with Crippen molar-refractivity contribution in [2.24, 2.45) is 0 Å². The van der Waals surface area contributed by atoms with Crippen LogP contribution in [-0.2, 0) is 28.5 Å². The molecule has 22 heteroatoms. The number of benzene rings is 3. The van der Waals surface area contributed by atoms with Crippen molar-refractivity contribution in [1.82, 2.24) is 0 Å². The highest BCUT2D eigenvalue weighted by atomic mass is 16.8. The van der Waals surface area contributed by atoms with Gasteiger partial charge in [0, 0.05) is 23.8 Å². The van der Waals surface area contributed by atoms with Crippen LogP contribution < -0.4 is 14.9 Å². The zero-order chi connectivity index (χ0) is 46.1. The quantitative estimate of drug-likeness (QED) is 0.0543. The smallest absolute Gasteiger partial charge is 0.331 e. The average molecular weight is 903 g/mol. The van der Waals surface area contributed by atoms with E-state index in [0.717, 1.165) is 18.2 Å². The second kappa shape index (κ2) is 19.3. The summed E-state index contributed by atoms with van der Waals surface area (Å²) in [5.74, 6) is -3.31. The fraction of sp³-hybridized carbons (Fsp3) is 0.429. The van der Waals surface area contributed by atoms with Crippen LogP contribution in [0.2, 0.25) is 0 Å². The number of esters is 1. The molecular weight excluding hydrogens is 856 g/mol. The summed E-state index contributed by atoms with van der Waals surface area (Å²) in [6.07, 6.45) is -23.8. The third kappa shape index (κ3) is 9.50. The monoisotopic (exact) mass is 902 g/mol. The number of aliphatic hydroxyl groups excluding tert-OH is 9. The third-order valence-electron chi connectivity index (χ3n) is 10.8. The Balaban J connectivity index is 1.18. The van der Waals surface area contributed by atoms with Gasteiger partial charge in [-0.2, -0.15) is 0 Å². The standard InChI is InChI=1S/C42H46O22/c1-16-28(49)32(53)39(64-41-35(56)33(54)37(25(15-44)61-41)62-26(48)11-4-17-2-7-19(45)8-3-17)42(57-16)63-38-30(51)27-22(47)12-21(58-40-34(55)31(52)29(50)24(14-43)60-40)13-23(27)59-36(38)18-5-9-20(46)10-6-18/h2-13,16,24-25,28-29,31-35,37,39-47,49-50,52-56H,14-15H2,1H3/t16-,24+,25+,28-,29+,31-,32+,33+,34+,35+,37+,39+,40+,41-,42-/m0/s1. The number of hydrogen-bond donors (Lipinski definition) is 12. The maximum atomic E-state index is 14.4. The maximum absolute atomic E-state index is 14.4. The highest BCUT2D eigenvalue weighted by molar-refractivity contribution is 5.88. The molecule has 3 aliphatic heterocycles. The lowest BCUT2D eigenvalue weighted by Crippen LogP contribution is -2.65. The molecule has 22 nitrogen and oxygen atoms in total. The Morgan fingerprint density at radius 1 is 0.672 bits per heavy atom. The molecule has 4 heterocycles. The van der Waals surface area contributed by atoms with Crippen LogP contribution >= 0.6 is 0 Å². The number of ether oxygens (including phenoxy) is 7. The van der Waals surface area contributed by atoms with Gasteiger partial charge in [-0.3, -0.25) is 4.79 Å². The van der Waals surface area contributed by atoms with Gasteiger partial charge in [0.05, 0.1) is 19.3 Å². The molecule has 1 aromatic heterocycles. The molecule has 0 radical (unpaired) electrons. The van der Waals surface area contributed by atoms with Gasteiger partial charge in [-0.1, -0.05) is 12.1 Å². The molecule has 0 aliphatic carbocycles. The summed E-state index contributed by atoms with van der Waals surface area (Å²) in [6.45, 7) is -0.300. The van der Waals surface area contributed by atoms with Gasteiger partial charge in [-0.05, 0) is 55.0 Å². The number of fused-ring (bicyclic) bond motifs is 1. The molecule has 3 fully saturated rings. The first-order valence-electron chi connectivity index (χ1n) is 19.7. The van der Waals surface area contributed by atoms with Crippen LogP contribution in [0.15, 0.2) is 76.0 Å². The number of aliphatic hydroxyl groups is 9. The number of hydrogen-bond acceptors (Lipinski definition) is 22. The highest BCUT2D eigenvalue weighted by Gasteiger charge is 2.52. The average Bonchev–Trinajstić information content (AvgIpc) is 3.27. The van der Waals surface area contributed by atoms with E-state index < -0.39 is 134 Å². The second-order valence-electron chi connectivity index (χ2n) is 15.2. The Morgan fingerprint density at radius 3 is 1.94 bits per heavy atom. The Labute approximate surface area is 361 Å². The minimum Gasteiger partial charge on any atom is -0.508 e. The van der Waals surface area contributed by atoms with Gasteiger partial charge in [-0.25, -0.2) is 4.79 Å². The SMILES string of the molecule is C[C@@H]1O[C@@H](Oc2c(-c3ccc(O)cc3)oc3cc(O[C@@H]4O[C@H](CO)[C@@H](O)[C@H](O)[C@H]4O)cc(O)c3c2=O)[C@H](O[C@@H]2O[C@H](CO)[C@@H](OC(=O)C=Cc3ccc(O)cc3)[C@H](O)[C@H]2O)[C@H](O)[C@H]1O. The van der Waals surface area contributed by atoms with Gasteiger partial charge >= 0.3 is 5.97 Å². The van der Waals surface area contributed by atoms with Crippen molar-refractivity contribution in [2.45, 2.75) is 99.0 Å². The third-order valence-corrected chi connectivity index (χ3v) is 10.8. The van der Waals surface area contributed by atoms with E-state index in [0.29, 0.717) is 5.56 Å². The molecule has 0 saturated carbocycles. The Bertz CT molecular complexity index is 2330. The van der Waals surface area contributed by atoms with Gasteiger partial charge in [0.15, 0.2) is 24.3 Å². The summed E-state index contributed by atoms with van der Waals surface area (Å²) in [5.41, 5.74) is -0.820. The van der Waals surface area contributed by atoms with Crippen LogP contribution in [-0.4, -0.2) is 173 Å². The molecule has 3 aliphatic rings. The van der Waals surface area contributed by atoms with E-state index in [2.05, 4.69) is 0 Å². The van der Waals surface area contributed by atoms with E-state index in [4.69, 9.17) is 37.6 Å². The predicted molar refractivity (Wildman–Crippen MR) is 212 cm³/mol. The Morgan fingerprint density at radius 2 is 1.28 bits per heavy atom. The van der Waals surface area contributed by atoms with Crippen molar-refractivity contribution in [3.05, 3.63) is 82.5 Å². The molecule has 0 spiro atoms. The summed E-state index contributed by atoms with van der Waals surface area (Å²) >= 11 is 0. The van der Waals surface area contributed by atoms with E-state index in [9.17, 15) is 70.9 Å². The zero-order valence-electron chi connectivity index (χ0n) is 33.5. The van der Waals surface area contributed by atoms with Crippen molar-refractivity contribution < 1.29 is 104 Å². The molecule has 7 rings (SSSR count). The first-order valence-corrected chi connectivity index (χ1v) is 19.7. The van der Waals surface area contributed by atoms with E-state index >= 15 is 0 Å². The lowest BCUT2D eigenvalue weighted by Gasteiger charge is -2.46. The molecule has 346 valence electrons. The van der Waals surface area contributed by atoms with Crippen molar-refractivity contribution in [1.29, 1.82) is 0 Å². The molecule has 0 amide bonds. The van der Waals surface area contributed by atoms with Crippen LogP contribution in [0.1, 0.15) is 12.5 Å². The number of aromatic hydroxyl groups is 3. The molecule has 15 atom stereocenters. The van der Waals surface area contributed by atoms with Crippen LogP contribution in [0, 0.1) is 0 Å². The second-order valence-corrected chi connectivity index (χ2v) is 15.2. The van der Waals surface area contributed by atoms with Gasteiger partial charge in [-0.15, -0.1) is 0 Å². The number of phenolic OH excluding ortho intramolecular Hbond substituents is 3. The molecule has 4 aromatic rings. The number of rotatable bonds is 12. The van der Waals surface area contributed by atoms with Gasteiger partial charge < -0.3 is 98.9 Å². The number of phenols is 3. The first kappa shape index (κ1) is 46.5. The molecule has 12 N–H and O–H groups in total. The first-order chi connectivity index (χ1) is 30.5. The van der Waals surface area contributed by atoms with Crippen LogP contribution in [0.4, 0.5) is 0 Å². The maximum Gasteiger partial charge on any atom is 0.331 e. The predicted octanol–water partition coefficient (Wildman–Crippen LogP) is -1.95. The molecule has 3 aromatic carbocycles. The topological polar surface area (TPSA) is 355 Å². The van der Waals surface area contributed by atoms with Crippen molar-refractivity contribution in [2.75, 3.05) is 13.2 Å².